The Morgan fingerprint density at radius 3 is 2.31 bits per heavy atom. The zero-order chi connectivity index (χ0) is 23.3. The molecular formula is C24H22Cl2N3O2P. The highest BCUT2D eigenvalue weighted by atomic mass is 35.5. The number of amides is 1. The summed E-state index contributed by atoms with van der Waals surface area (Å²) in [6.45, 7) is 3.35. The van der Waals surface area contributed by atoms with E-state index in [2.05, 4.69) is 19.5 Å². The molecule has 8 heteroatoms. The first-order valence-corrected chi connectivity index (χ1v) is 11.1. The summed E-state index contributed by atoms with van der Waals surface area (Å²) in [5.74, 6) is 0. The summed E-state index contributed by atoms with van der Waals surface area (Å²) in [5, 5.41) is 12.4. The van der Waals surface area contributed by atoms with Crippen LogP contribution in [0.2, 0.25) is 10.2 Å². The number of pyridine rings is 1. The number of nitrogens with one attached hydrogen (secondary N) is 2. The quantitative estimate of drug-likeness (QED) is 0.221. The highest BCUT2D eigenvalue weighted by molar-refractivity contribution is 7.31. The minimum Gasteiger partial charge on any atom is -0.441 e. The van der Waals surface area contributed by atoms with Gasteiger partial charge in [-0.05, 0) is 43.2 Å². The maximum Gasteiger partial charge on any atom is 0.412 e. The van der Waals surface area contributed by atoms with Gasteiger partial charge in [0.2, 0.25) is 0 Å². The molecule has 0 saturated carbocycles. The van der Waals surface area contributed by atoms with Crippen LogP contribution >= 0.6 is 32.4 Å². The number of hydrogen-bond donors (Lipinski definition) is 2. The number of ether oxygens (including phenoxy) is 1. The van der Waals surface area contributed by atoms with E-state index in [1.54, 1.807) is 38.2 Å². The number of carbonyl (C=O) groups is 1. The second kappa shape index (κ2) is 10.7. The van der Waals surface area contributed by atoms with E-state index in [1.807, 2.05) is 42.5 Å². The third-order valence-corrected chi connectivity index (χ3v) is 5.94. The fourth-order valence-corrected chi connectivity index (χ4v) is 3.94. The number of alkyl carbamates (subject to hydrolysis) is 1. The Hall–Kier alpha value is -2.72. The van der Waals surface area contributed by atoms with Crippen LogP contribution < -0.4 is 5.32 Å². The zero-order valence-electron chi connectivity index (χ0n) is 17.5. The first-order valence-electron chi connectivity index (χ1n) is 9.76. The van der Waals surface area contributed by atoms with Gasteiger partial charge in [0.25, 0.3) is 0 Å². The predicted octanol–water partition coefficient (Wildman–Crippen LogP) is 7.13. The minimum absolute atomic E-state index is 0.198. The maximum atomic E-state index is 12.5. The minimum atomic E-state index is -0.664. The van der Waals surface area contributed by atoms with Crippen molar-refractivity contribution in [2.75, 3.05) is 0 Å². The monoisotopic (exact) mass is 485 g/mol. The summed E-state index contributed by atoms with van der Waals surface area (Å²) in [6, 6.07) is 18.5. The van der Waals surface area contributed by atoms with Gasteiger partial charge in [0, 0.05) is 27.7 Å². The SMILES string of the molecule is CC(=N)/C(NC(=O)OC(C)c1ccccc1Cl)=C(\P)c1ccc(-c2ccc(Cl)nc2)cc1. The molecular weight excluding hydrogens is 464 g/mol. The van der Waals surface area contributed by atoms with E-state index < -0.39 is 12.2 Å². The smallest absolute Gasteiger partial charge is 0.412 e. The molecule has 0 spiro atoms. The van der Waals surface area contributed by atoms with Gasteiger partial charge in [-0.15, -0.1) is 9.24 Å². The van der Waals surface area contributed by atoms with Crippen molar-refractivity contribution in [3.8, 4) is 11.1 Å². The van der Waals surface area contributed by atoms with Crippen LogP contribution in [0.5, 0.6) is 0 Å². The Labute approximate surface area is 199 Å². The summed E-state index contributed by atoms with van der Waals surface area (Å²) in [4.78, 5) is 16.6. The summed E-state index contributed by atoms with van der Waals surface area (Å²) in [5.41, 5.74) is 4.01. The van der Waals surface area contributed by atoms with Crippen molar-refractivity contribution in [3.63, 3.8) is 0 Å². The van der Waals surface area contributed by atoms with Crippen LogP contribution in [0.1, 0.15) is 31.1 Å². The van der Waals surface area contributed by atoms with E-state index in [0.29, 0.717) is 26.8 Å². The number of hydrogen-bond acceptors (Lipinski definition) is 4. The molecule has 3 aromatic rings. The Balaban J connectivity index is 1.78. The van der Waals surface area contributed by atoms with Gasteiger partial charge in [-0.25, -0.2) is 9.78 Å². The first-order chi connectivity index (χ1) is 15.3. The fraction of sp³-hybridized carbons (Fsp3) is 0.125. The number of halogens is 2. The van der Waals surface area contributed by atoms with E-state index in [-0.39, 0.29) is 5.71 Å². The molecule has 2 N–H and O–H groups in total. The molecule has 0 aliphatic rings. The van der Waals surface area contributed by atoms with Crippen molar-refractivity contribution < 1.29 is 9.53 Å². The van der Waals surface area contributed by atoms with Crippen LogP contribution in [0.4, 0.5) is 4.79 Å². The number of benzene rings is 2. The average molecular weight is 486 g/mol. The fourth-order valence-electron chi connectivity index (χ4n) is 3.06. The zero-order valence-corrected chi connectivity index (χ0v) is 20.2. The second-order valence-corrected chi connectivity index (χ2v) is 8.43. The van der Waals surface area contributed by atoms with E-state index in [4.69, 9.17) is 33.3 Å². The van der Waals surface area contributed by atoms with Crippen LogP contribution in [0, 0.1) is 5.41 Å². The molecule has 3 rings (SSSR count). The van der Waals surface area contributed by atoms with Gasteiger partial charge in [0.05, 0.1) is 11.4 Å². The van der Waals surface area contributed by atoms with E-state index >= 15 is 0 Å². The lowest BCUT2D eigenvalue weighted by molar-refractivity contribution is 0.110. The van der Waals surface area contributed by atoms with Crippen molar-refractivity contribution in [1.29, 1.82) is 5.41 Å². The van der Waals surface area contributed by atoms with Crippen LogP contribution in [0.15, 0.2) is 72.6 Å². The van der Waals surface area contributed by atoms with Crippen molar-refractivity contribution in [2.45, 2.75) is 20.0 Å². The second-order valence-electron chi connectivity index (χ2n) is 7.05. The summed E-state index contributed by atoms with van der Waals surface area (Å²) in [7, 11) is 2.59. The van der Waals surface area contributed by atoms with Gasteiger partial charge in [0.15, 0.2) is 0 Å². The van der Waals surface area contributed by atoms with Gasteiger partial charge < -0.3 is 10.1 Å². The molecule has 32 heavy (non-hydrogen) atoms. The lowest BCUT2D eigenvalue weighted by atomic mass is 10.0. The van der Waals surface area contributed by atoms with Crippen molar-refractivity contribution in [1.82, 2.24) is 10.3 Å². The predicted molar refractivity (Wildman–Crippen MR) is 134 cm³/mol. The van der Waals surface area contributed by atoms with E-state index in [1.165, 1.54) is 0 Å². The molecule has 1 heterocycles. The molecule has 5 nitrogen and oxygen atoms in total. The Morgan fingerprint density at radius 2 is 1.72 bits per heavy atom. The van der Waals surface area contributed by atoms with Gasteiger partial charge in [-0.1, -0.05) is 65.7 Å². The molecule has 0 fully saturated rings. The summed E-state index contributed by atoms with van der Waals surface area (Å²) < 4.78 is 5.48. The lowest BCUT2D eigenvalue weighted by Crippen LogP contribution is -2.28. The molecule has 0 radical (unpaired) electrons. The first kappa shape index (κ1) is 23.9. The maximum absolute atomic E-state index is 12.5. The molecule has 1 amide bonds. The standard InChI is InChI=1S/C24H22Cl2N3O2P/c1-14(27)22(29-24(30)31-15(2)19-5-3-4-6-20(19)25)23(32)17-9-7-16(8-10-17)18-11-12-21(26)28-13-18/h3-13,15,27H,32H2,1-2H3,(H,29,30)/b23-22+,27-14?. The summed E-state index contributed by atoms with van der Waals surface area (Å²) in [6.07, 6.45) is 0.499. The third-order valence-electron chi connectivity index (χ3n) is 4.76. The van der Waals surface area contributed by atoms with Gasteiger partial charge >= 0.3 is 6.09 Å². The van der Waals surface area contributed by atoms with Gasteiger partial charge in [-0.2, -0.15) is 0 Å². The molecule has 0 aliphatic heterocycles. The highest BCUT2D eigenvalue weighted by Crippen LogP contribution is 2.29. The molecule has 2 aromatic carbocycles. The Morgan fingerprint density at radius 1 is 1.06 bits per heavy atom. The Bertz CT molecular complexity index is 1160. The normalized spacial score (nSPS) is 12.5. The highest BCUT2D eigenvalue weighted by Gasteiger charge is 2.17. The number of aromatic nitrogens is 1. The summed E-state index contributed by atoms with van der Waals surface area (Å²) >= 11 is 12.0. The van der Waals surface area contributed by atoms with Crippen LogP contribution in [0.3, 0.4) is 0 Å². The van der Waals surface area contributed by atoms with Crippen molar-refractivity contribution in [3.05, 3.63) is 93.9 Å². The number of rotatable bonds is 6. The topological polar surface area (TPSA) is 75.1 Å². The molecule has 0 bridgehead atoms. The molecule has 1 aromatic heterocycles. The van der Waals surface area contributed by atoms with E-state index in [9.17, 15) is 4.79 Å². The molecule has 0 aliphatic carbocycles. The van der Waals surface area contributed by atoms with Crippen molar-refractivity contribution in [2.24, 2.45) is 0 Å². The van der Waals surface area contributed by atoms with Crippen LogP contribution in [0.25, 0.3) is 16.4 Å². The van der Waals surface area contributed by atoms with Crippen LogP contribution in [-0.4, -0.2) is 16.8 Å². The number of nitrogens with zero attached hydrogens (tertiary/aromatic N) is 1. The van der Waals surface area contributed by atoms with Gasteiger partial charge in [-0.3, -0.25) is 5.32 Å². The van der Waals surface area contributed by atoms with Gasteiger partial charge in [0.1, 0.15) is 11.3 Å². The average Bonchev–Trinajstić information content (AvgIpc) is 2.77. The van der Waals surface area contributed by atoms with Crippen molar-refractivity contribution >= 4 is 49.6 Å². The Kier molecular flexibility index (Phi) is 8.03. The van der Waals surface area contributed by atoms with Crippen LogP contribution in [-0.2, 0) is 4.74 Å². The largest absolute Gasteiger partial charge is 0.441 e. The molecule has 164 valence electrons. The van der Waals surface area contributed by atoms with E-state index in [0.717, 1.165) is 16.7 Å². The number of allylic oxidation sites excluding steroid dienone is 1. The lowest BCUT2D eigenvalue weighted by Gasteiger charge is -2.18. The molecule has 2 unspecified atom stereocenters. The molecule has 0 saturated heterocycles. The number of carbonyl (C=O) groups excluding carboxylic acids is 1. The third kappa shape index (κ3) is 5.95. The molecule has 2 atom stereocenters.